The molecule has 0 aliphatic rings. The number of ether oxygens (including phenoxy) is 1. The third-order valence-corrected chi connectivity index (χ3v) is 7.88. The van der Waals surface area contributed by atoms with Crippen molar-refractivity contribution in [2.45, 2.75) is 45.1 Å². The van der Waals surface area contributed by atoms with Crippen LogP contribution in [0.25, 0.3) is 5.69 Å². The van der Waals surface area contributed by atoms with Crippen molar-refractivity contribution in [3.63, 3.8) is 0 Å². The van der Waals surface area contributed by atoms with Crippen molar-refractivity contribution in [2.24, 2.45) is 0 Å². The van der Waals surface area contributed by atoms with Crippen molar-refractivity contribution in [1.82, 2.24) is 14.5 Å². The summed E-state index contributed by atoms with van der Waals surface area (Å²) in [6.45, 7) is 6.93. The predicted molar refractivity (Wildman–Crippen MR) is 151 cm³/mol. The number of halogens is 1. The van der Waals surface area contributed by atoms with Gasteiger partial charge in [-0.1, -0.05) is 24.6 Å². The molecule has 0 aliphatic heterocycles. The van der Waals surface area contributed by atoms with Gasteiger partial charge in [-0.15, -0.1) is 0 Å². The minimum atomic E-state index is -4.25. The van der Waals surface area contributed by atoms with Crippen LogP contribution in [-0.4, -0.2) is 35.1 Å². The van der Waals surface area contributed by atoms with Crippen molar-refractivity contribution in [3.8, 4) is 17.3 Å². The van der Waals surface area contributed by atoms with E-state index in [4.69, 9.17) is 4.74 Å². The summed E-state index contributed by atoms with van der Waals surface area (Å²) in [5, 5.41) is 18.6. The van der Waals surface area contributed by atoms with Crippen molar-refractivity contribution in [3.05, 3.63) is 99.5 Å². The fourth-order valence-corrected chi connectivity index (χ4v) is 5.29. The van der Waals surface area contributed by atoms with Gasteiger partial charge in [0.15, 0.2) is 5.69 Å². The zero-order valence-corrected chi connectivity index (χ0v) is 23.5. The Bertz CT molecular complexity index is 1700. The van der Waals surface area contributed by atoms with Crippen LogP contribution in [0, 0.1) is 29.8 Å². The number of rotatable bonds is 10. The number of carbonyl (C=O) groups is 1. The monoisotopic (exact) mass is 581 g/mol. The van der Waals surface area contributed by atoms with E-state index >= 15 is 0 Å². The first-order valence-corrected chi connectivity index (χ1v) is 14.1. The van der Waals surface area contributed by atoms with E-state index < -0.39 is 43.3 Å². The van der Waals surface area contributed by atoms with E-state index in [9.17, 15) is 27.7 Å². The number of anilines is 1. The lowest BCUT2D eigenvalue weighted by atomic mass is 10.2. The topological polar surface area (TPSA) is 145 Å². The number of benzene rings is 3. The molecule has 3 aromatic carbocycles. The van der Waals surface area contributed by atoms with Crippen LogP contribution >= 0.6 is 0 Å². The number of nitrogens with one attached hydrogen (secondary N) is 2. The number of carbonyl (C=O) groups excluding carboxylic acids is 1. The van der Waals surface area contributed by atoms with E-state index in [-0.39, 0.29) is 22.9 Å². The van der Waals surface area contributed by atoms with Gasteiger partial charge in [-0.05, 0) is 69.7 Å². The number of amides is 1. The second-order valence-corrected chi connectivity index (χ2v) is 11.1. The van der Waals surface area contributed by atoms with E-state index in [1.165, 1.54) is 35.0 Å². The van der Waals surface area contributed by atoms with Crippen LogP contribution in [0.2, 0.25) is 0 Å². The first kappa shape index (κ1) is 29.4. The minimum absolute atomic E-state index is 0.0203. The largest absolute Gasteiger partial charge is 0.437 e. The standard InChI is InChI=1S/C28H28FN5O6S/c1-5-18(3)32-41(38,39)25-16-23(34(36)37)14-15-24(25)40-28-19(4)26(27(35)30-21-10-8-20(29)9-11-21)31-33(28)22-12-6-17(2)7-13-22/h6-16,18,32H,5H2,1-4H3,(H,30,35)/t18-/m1/s1. The molecule has 0 bridgehead atoms. The number of hydrogen-bond donors (Lipinski definition) is 2. The van der Waals surface area contributed by atoms with Crippen LogP contribution in [0.4, 0.5) is 15.8 Å². The number of non-ortho nitro benzene ring substituents is 1. The maximum atomic E-state index is 13.3. The normalized spacial score (nSPS) is 12.1. The number of nitro benzene ring substituents is 1. The zero-order chi connectivity index (χ0) is 29.9. The highest BCUT2D eigenvalue weighted by molar-refractivity contribution is 7.89. The lowest BCUT2D eigenvalue weighted by Crippen LogP contribution is -2.32. The van der Waals surface area contributed by atoms with Crippen molar-refractivity contribution >= 4 is 27.3 Å². The highest BCUT2D eigenvalue weighted by atomic mass is 32.2. The molecule has 0 saturated heterocycles. The van der Waals surface area contributed by atoms with Gasteiger partial charge >= 0.3 is 0 Å². The van der Waals surface area contributed by atoms with Crippen molar-refractivity contribution < 1.29 is 27.3 Å². The quantitative estimate of drug-likeness (QED) is 0.182. The number of nitro groups is 1. The van der Waals surface area contributed by atoms with Gasteiger partial charge in [-0.2, -0.15) is 9.78 Å². The Morgan fingerprint density at radius 1 is 1.10 bits per heavy atom. The maximum Gasteiger partial charge on any atom is 0.276 e. The maximum absolute atomic E-state index is 13.3. The van der Waals surface area contributed by atoms with Crippen LogP contribution in [0.5, 0.6) is 11.6 Å². The summed E-state index contributed by atoms with van der Waals surface area (Å²) in [5.74, 6) is -1.25. The Labute approximate surface area is 236 Å². The molecule has 0 fully saturated rings. The van der Waals surface area contributed by atoms with Crippen LogP contribution in [0.1, 0.15) is 41.9 Å². The smallest absolute Gasteiger partial charge is 0.276 e. The van der Waals surface area contributed by atoms with E-state index in [2.05, 4.69) is 15.1 Å². The third-order valence-electron chi connectivity index (χ3n) is 6.27. The Hall–Kier alpha value is -4.62. The Morgan fingerprint density at radius 3 is 2.37 bits per heavy atom. The average Bonchev–Trinajstić information content (AvgIpc) is 3.25. The molecule has 0 spiro atoms. The molecule has 4 rings (SSSR count). The van der Waals surface area contributed by atoms with E-state index in [1.807, 2.05) is 19.1 Å². The second kappa shape index (κ2) is 11.9. The highest BCUT2D eigenvalue weighted by Gasteiger charge is 2.28. The van der Waals surface area contributed by atoms with Crippen molar-refractivity contribution in [1.29, 1.82) is 0 Å². The average molecular weight is 582 g/mol. The molecule has 1 atom stereocenters. The third kappa shape index (κ3) is 6.58. The Kier molecular flexibility index (Phi) is 8.49. The number of sulfonamides is 1. The SMILES string of the molecule is CC[C@@H](C)NS(=O)(=O)c1cc([N+](=O)[O-])ccc1Oc1c(C)c(C(=O)Nc2ccc(F)cc2)nn1-c1ccc(C)cc1. The molecule has 0 saturated carbocycles. The molecule has 0 aliphatic carbocycles. The van der Waals surface area contributed by atoms with Gasteiger partial charge in [0.2, 0.25) is 15.9 Å². The number of aromatic nitrogens is 2. The van der Waals surface area contributed by atoms with Gasteiger partial charge < -0.3 is 10.1 Å². The van der Waals surface area contributed by atoms with Gasteiger partial charge in [0.05, 0.1) is 10.6 Å². The molecule has 1 aromatic heterocycles. The summed E-state index contributed by atoms with van der Waals surface area (Å²) in [6, 6.07) is 15.1. The Balaban J connectivity index is 1.84. The van der Waals surface area contributed by atoms with Crippen LogP contribution in [0.15, 0.2) is 71.6 Å². The van der Waals surface area contributed by atoms with Crippen LogP contribution < -0.4 is 14.8 Å². The first-order chi connectivity index (χ1) is 19.4. The second-order valence-electron chi connectivity index (χ2n) is 9.41. The number of hydrogen-bond acceptors (Lipinski definition) is 7. The fourth-order valence-electron chi connectivity index (χ4n) is 3.82. The number of nitrogens with zero attached hydrogens (tertiary/aromatic N) is 3. The fraction of sp³-hybridized carbons (Fsp3) is 0.214. The van der Waals surface area contributed by atoms with E-state index in [0.29, 0.717) is 17.8 Å². The van der Waals surface area contributed by atoms with E-state index in [1.54, 1.807) is 32.9 Å². The van der Waals surface area contributed by atoms with Gasteiger partial charge in [0.1, 0.15) is 16.5 Å². The summed E-state index contributed by atoms with van der Waals surface area (Å²) < 4.78 is 49.8. The number of aryl methyl sites for hydroxylation is 1. The molecule has 41 heavy (non-hydrogen) atoms. The predicted octanol–water partition coefficient (Wildman–Crippen LogP) is 5.66. The molecule has 214 valence electrons. The van der Waals surface area contributed by atoms with Crippen LogP contribution in [-0.2, 0) is 10.0 Å². The Morgan fingerprint density at radius 2 is 1.76 bits per heavy atom. The van der Waals surface area contributed by atoms with E-state index in [0.717, 1.165) is 17.7 Å². The molecule has 1 heterocycles. The van der Waals surface area contributed by atoms with Crippen LogP contribution in [0.3, 0.4) is 0 Å². The van der Waals surface area contributed by atoms with Gasteiger partial charge in [0.25, 0.3) is 11.6 Å². The first-order valence-electron chi connectivity index (χ1n) is 12.6. The van der Waals surface area contributed by atoms with Gasteiger partial charge in [-0.3, -0.25) is 14.9 Å². The van der Waals surface area contributed by atoms with Crippen molar-refractivity contribution in [2.75, 3.05) is 5.32 Å². The molecular weight excluding hydrogens is 553 g/mol. The summed E-state index contributed by atoms with van der Waals surface area (Å²) in [5.41, 5.74) is 1.61. The molecule has 1 amide bonds. The molecule has 11 nitrogen and oxygen atoms in total. The summed E-state index contributed by atoms with van der Waals surface area (Å²) in [7, 11) is -4.25. The summed E-state index contributed by atoms with van der Waals surface area (Å²) in [6.07, 6.45) is 0.482. The summed E-state index contributed by atoms with van der Waals surface area (Å²) >= 11 is 0. The minimum Gasteiger partial charge on any atom is -0.437 e. The van der Waals surface area contributed by atoms with Gasteiger partial charge in [0, 0.05) is 29.4 Å². The highest BCUT2D eigenvalue weighted by Crippen LogP contribution is 2.36. The zero-order valence-electron chi connectivity index (χ0n) is 22.7. The molecule has 2 N–H and O–H groups in total. The molecule has 0 radical (unpaired) electrons. The molecule has 4 aromatic rings. The summed E-state index contributed by atoms with van der Waals surface area (Å²) in [4.78, 5) is 23.5. The molecule has 13 heteroatoms. The molecule has 0 unspecified atom stereocenters. The van der Waals surface area contributed by atoms with Gasteiger partial charge in [-0.25, -0.2) is 17.5 Å². The lowest BCUT2D eigenvalue weighted by molar-refractivity contribution is -0.385. The lowest BCUT2D eigenvalue weighted by Gasteiger charge is -2.16. The molecular formula is C28H28FN5O6S.